The molecule has 0 spiro atoms. The molecule has 0 saturated carbocycles. The smallest absolute Gasteiger partial charge is 0.442 e. The summed E-state index contributed by atoms with van der Waals surface area (Å²) in [4.78, 5) is 10.4. The largest absolute Gasteiger partial charge is 0.481 e. The second kappa shape index (κ2) is 4.08. The third-order valence-corrected chi connectivity index (χ3v) is 2.68. The van der Waals surface area contributed by atoms with Gasteiger partial charge in [-0.2, -0.15) is 13.2 Å². The van der Waals surface area contributed by atoms with Crippen LogP contribution < -0.4 is 0 Å². The van der Waals surface area contributed by atoms with Crippen molar-refractivity contribution < 1.29 is 23.1 Å². The highest BCUT2D eigenvalue weighted by molar-refractivity contribution is 5.67. The van der Waals surface area contributed by atoms with Crippen molar-refractivity contribution in [2.45, 2.75) is 24.7 Å². The van der Waals surface area contributed by atoms with E-state index < -0.39 is 17.8 Å². The number of alkyl halides is 3. The van der Waals surface area contributed by atoms with Gasteiger partial charge in [0.15, 0.2) is 0 Å². The molecule has 4 nitrogen and oxygen atoms in total. The van der Waals surface area contributed by atoms with E-state index >= 15 is 0 Å². The summed E-state index contributed by atoms with van der Waals surface area (Å²) >= 11 is 0. The van der Waals surface area contributed by atoms with Crippen LogP contribution in [-0.4, -0.2) is 17.3 Å². The van der Waals surface area contributed by atoms with Gasteiger partial charge >= 0.3 is 17.8 Å². The minimum absolute atomic E-state index is 0.0472. The molecule has 0 aromatic heterocycles. The Balaban J connectivity index is 2.11. The summed E-state index contributed by atoms with van der Waals surface area (Å²) in [7, 11) is 0. The van der Waals surface area contributed by atoms with Crippen LogP contribution in [0, 0.1) is 0 Å². The van der Waals surface area contributed by atoms with Crippen molar-refractivity contribution >= 4 is 5.97 Å². The van der Waals surface area contributed by atoms with Crippen LogP contribution in [0.5, 0.6) is 0 Å². The van der Waals surface area contributed by atoms with E-state index in [0.717, 1.165) is 0 Å². The lowest BCUT2D eigenvalue weighted by molar-refractivity contribution is -0.166. The molecular formula is C11H9F3N2O2. The zero-order valence-electron chi connectivity index (χ0n) is 9.11. The Morgan fingerprint density at radius 1 is 1.22 bits per heavy atom. The molecule has 1 aromatic carbocycles. The van der Waals surface area contributed by atoms with Crippen LogP contribution in [0.2, 0.25) is 0 Å². The van der Waals surface area contributed by atoms with E-state index in [2.05, 4.69) is 10.2 Å². The normalized spacial score (nSPS) is 16.6. The highest BCUT2D eigenvalue weighted by atomic mass is 19.4. The standard InChI is InChI=1S/C11H9F3N2O2/c12-11(13,14)10(15-16-10)8-4-1-7(2-5-8)3-6-9(17)18/h1-2,4-5H,3,6H2,(H,17,18). The molecule has 0 unspecified atom stereocenters. The molecule has 1 aliphatic rings. The van der Waals surface area contributed by atoms with Gasteiger partial charge in [0.1, 0.15) is 0 Å². The molecule has 18 heavy (non-hydrogen) atoms. The number of halogens is 3. The number of hydrogen-bond acceptors (Lipinski definition) is 3. The Morgan fingerprint density at radius 3 is 2.17 bits per heavy atom. The number of aliphatic carboxylic acids is 1. The summed E-state index contributed by atoms with van der Waals surface area (Å²) in [5, 5.41) is 14.7. The molecular weight excluding hydrogens is 249 g/mol. The maximum Gasteiger partial charge on any atom is 0.442 e. The SMILES string of the molecule is O=C(O)CCc1ccc(C2(C(F)(F)F)N=N2)cc1. The van der Waals surface area contributed by atoms with E-state index in [-0.39, 0.29) is 18.4 Å². The fraction of sp³-hybridized carbons (Fsp3) is 0.364. The highest BCUT2D eigenvalue weighted by Crippen LogP contribution is 2.52. The minimum Gasteiger partial charge on any atom is -0.481 e. The molecule has 1 N–H and O–H groups in total. The van der Waals surface area contributed by atoms with Gasteiger partial charge in [-0.3, -0.25) is 4.79 Å². The van der Waals surface area contributed by atoms with Gasteiger partial charge < -0.3 is 5.11 Å². The fourth-order valence-electron chi connectivity index (χ4n) is 1.60. The zero-order chi connectivity index (χ0) is 13.4. The van der Waals surface area contributed by atoms with Crippen LogP contribution >= 0.6 is 0 Å². The lowest BCUT2D eigenvalue weighted by Gasteiger charge is -2.14. The first-order valence-corrected chi connectivity index (χ1v) is 5.17. The van der Waals surface area contributed by atoms with E-state index in [1.807, 2.05) is 0 Å². The Bertz CT molecular complexity index is 488. The second-order valence-electron chi connectivity index (χ2n) is 3.96. The van der Waals surface area contributed by atoms with Gasteiger partial charge in [-0.1, -0.05) is 24.3 Å². The first-order valence-electron chi connectivity index (χ1n) is 5.17. The van der Waals surface area contributed by atoms with E-state index in [0.29, 0.717) is 5.56 Å². The number of hydrogen-bond donors (Lipinski definition) is 1. The number of aryl methyl sites for hydroxylation is 1. The van der Waals surface area contributed by atoms with Crippen LogP contribution in [0.3, 0.4) is 0 Å². The Kier molecular flexibility index (Phi) is 2.84. The van der Waals surface area contributed by atoms with Crippen LogP contribution in [-0.2, 0) is 16.9 Å². The van der Waals surface area contributed by atoms with E-state index in [4.69, 9.17) is 5.11 Å². The number of carbonyl (C=O) groups is 1. The summed E-state index contributed by atoms with van der Waals surface area (Å²) < 4.78 is 38.0. The van der Waals surface area contributed by atoms with Crippen molar-refractivity contribution in [3.05, 3.63) is 35.4 Å². The molecule has 0 fully saturated rings. The first kappa shape index (κ1) is 12.5. The average Bonchev–Trinajstić information content (AvgIpc) is 3.07. The summed E-state index contributed by atoms with van der Waals surface area (Å²) in [6, 6.07) is 5.50. The lowest BCUT2D eigenvalue weighted by Crippen LogP contribution is -2.30. The molecule has 0 atom stereocenters. The number of benzene rings is 1. The van der Waals surface area contributed by atoms with Gasteiger partial charge in [0.25, 0.3) is 0 Å². The van der Waals surface area contributed by atoms with Crippen LogP contribution in [0.15, 0.2) is 34.5 Å². The molecule has 2 rings (SSSR count). The topological polar surface area (TPSA) is 62.0 Å². The average molecular weight is 258 g/mol. The lowest BCUT2D eigenvalue weighted by atomic mass is 10.00. The monoisotopic (exact) mass is 258 g/mol. The van der Waals surface area contributed by atoms with Crippen molar-refractivity contribution in [1.29, 1.82) is 0 Å². The quantitative estimate of drug-likeness (QED) is 0.902. The molecule has 7 heteroatoms. The van der Waals surface area contributed by atoms with Gasteiger partial charge in [0.05, 0.1) is 0 Å². The first-order chi connectivity index (χ1) is 8.35. The van der Waals surface area contributed by atoms with Crippen molar-refractivity contribution in [2.24, 2.45) is 10.2 Å². The molecule has 0 radical (unpaired) electrons. The number of nitrogens with zero attached hydrogens (tertiary/aromatic N) is 2. The summed E-state index contributed by atoms with van der Waals surface area (Å²) in [6.07, 6.45) is -4.31. The summed E-state index contributed by atoms with van der Waals surface area (Å²) in [5.41, 5.74) is -1.79. The van der Waals surface area contributed by atoms with Gasteiger partial charge in [-0.15, -0.1) is 10.2 Å². The molecule has 0 aliphatic carbocycles. The number of rotatable bonds is 4. The van der Waals surface area contributed by atoms with Crippen molar-refractivity contribution in [2.75, 3.05) is 0 Å². The van der Waals surface area contributed by atoms with Crippen LogP contribution in [0.1, 0.15) is 17.5 Å². The molecule has 0 amide bonds. The Hall–Kier alpha value is -1.92. The summed E-state index contributed by atoms with van der Waals surface area (Å²) in [6.45, 7) is 0. The van der Waals surface area contributed by atoms with Gasteiger partial charge in [0.2, 0.25) is 0 Å². The van der Waals surface area contributed by atoms with Crippen LogP contribution in [0.25, 0.3) is 0 Å². The molecule has 0 bridgehead atoms. The molecule has 1 aliphatic heterocycles. The maximum atomic E-state index is 12.7. The van der Waals surface area contributed by atoms with Gasteiger partial charge in [0, 0.05) is 12.0 Å². The van der Waals surface area contributed by atoms with Crippen LogP contribution in [0.4, 0.5) is 13.2 Å². The zero-order valence-corrected chi connectivity index (χ0v) is 9.11. The fourth-order valence-corrected chi connectivity index (χ4v) is 1.60. The third-order valence-electron chi connectivity index (χ3n) is 2.68. The molecule has 1 aromatic rings. The Morgan fingerprint density at radius 2 is 1.78 bits per heavy atom. The third kappa shape index (κ3) is 2.20. The van der Waals surface area contributed by atoms with E-state index in [1.165, 1.54) is 24.3 Å². The minimum atomic E-state index is -4.53. The second-order valence-corrected chi connectivity index (χ2v) is 3.96. The van der Waals surface area contributed by atoms with E-state index in [9.17, 15) is 18.0 Å². The number of carboxylic acid groups (broad SMARTS) is 1. The van der Waals surface area contributed by atoms with Crippen molar-refractivity contribution in [3.8, 4) is 0 Å². The predicted octanol–water partition coefficient (Wildman–Crippen LogP) is 2.88. The van der Waals surface area contributed by atoms with E-state index in [1.54, 1.807) is 0 Å². The number of carboxylic acids is 1. The predicted molar refractivity (Wildman–Crippen MR) is 55.0 cm³/mol. The highest BCUT2D eigenvalue weighted by Gasteiger charge is 2.65. The molecule has 96 valence electrons. The van der Waals surface area contributed by atoms with Crippen molar-refractivity contribution in [3.63, 3.8) is 0 Å². The van der Waals surface area contributed by atoms with Gasteiger partial charge in [-0.05, 0) is 12.0 Å². The molecule has 1 heterocycles. The van der Waals surface area contributed by atoms with Crippen molar-refractivity contribution in [1.82, 2.24) is 0 Å². The Labute approximate surface area is 100 Å². The summed E-state index contributed by atoms with van der Waals surface area (Å²) in [5.74, 6) is -0.946. The molecule has 0 saturated heterocycles. The maximum absolute atomic E-state index is 12.7. The van der Waals surface area contributed by atoms with Gasteiger partial charge in [-0.25, -0.2) is 0 Å².